The molecule has 170 valence electrons. The van der Waals surface area contributed by atoms with E-state index in [1.54, 1.807) is 23.5 Å². The molecule has 2 aromatic carbocycles. The molecule has 4 rings (SSSR count). The van der Waals surface area contributed by atoms with Crippen molar-refractivity contribution in [3.8, 4) is 5.75 Å². The third-order valence-corrected chi connectivity index (χ3v) is 7.11. The largest absolute Gasteiger partial charge is 0.485 e. The zero-order valence-electron chi connectivity index (χ0n) is 19.3. The Morgan fingerprint density at radius 3 is 2.41 bits per heavy atom. The topological polar surface area (TPSA) is 15.7 Å². The number of anilines is 1. The van der Waals surface area contributed by atoms with Crippen LogP contribution in [0, 0.1) is 12.7 Å². The molecule has 3 aromatic rings. The van der Waals surface area contributed by atoms with Crippen molar-refractivity contribution in [3.05, 3.63) is 81.8 Å². The maximum atomic E-state index is 13.2. The average molecular weight is 453 g/mol. The number of thiophene rings is 1. The highest BCUT2D eigenvalue weighted by Crippen LogP contribution is 2.31. The summed E-state index contributed by atoms with van der Waals surface area (Å²) in [7, 11) is 0. The molecule has 0 aliphatic carbocycles. The number of aryl methyl sites for hydroxylation is 1. The van der Waals surface area contributed by atoms with Gasteiger partial charge in [0, 0.05) is 49.7 Å². The van der Waals surface area contributed by atoms with Crippen molar-refractivity contribution in [2.75, 3.05) is 37.6 Å². The van der Waals surface area contributed by atoms with Gasteiger partial charge in [-0.05, 0) is 71.8 Å². The fourth-order valence-electron chi connectivity index (χ4n) is 4.26. The molecule has 1 aliphatic rings. The number of piperazine rings is 1. The number of halogens is 1. The smallest absolute Gasteiger partial charge is 0.134 e. The number of nitrogens with zero attached hydrogens (tertiary/aromatic N) is 2. The van der Waals surface area contributed by atoms with Gasteiger partial charge in [-0.2, -0.15) is 0 Å². The van der Waals surface area contributed by atoms with Crippen LogP contribution < -0.4 is 9.64 Å². The minimum absolute atomic E-state index is 0.0620. The van der Waals surface area contributed by atoms with Crippen LogP contribution in [0.25, 0.3) is 0 Å². The van der Waals surface area contributed by atoms with Gasteiger partial charge < -0.3 is 9.64 Å². The van der Waals surface area contributed by atoms with Crippen molar-refractivity contribution in [2.45, 2.75) is 39.2 Å². The highest BCUT2D eigenvalue weighted by molar-refractivity contribution is 7.10. The third-order valence-electron chi connectivity index (χ3n) is 6.15. The zero-order chi connectivity index (χ0) is 22.5. The molecule has 0 spiro atoms. The lowest BCUT2D eigenvalue weighted by atomic mass is 10.0. The van der Waals surface area contributed by atoms with E-state index in [-0.39, 0.29) is 11.9 Å². The molecule has 5 heteroatoms. The van der Waals surface area contributed by atoms with Gasteiger partial charge in [0.05, 0.1) is 0 Å². The lowest BCUT2D eigenvalue weighted by Crippen LogP contribution is -2.46. The van der Waals surface area contributed by atoms with Gasteiger partial charge in [-0.15, -0.1) is 11.3 Å². The Bertz CT molecular complexity index is 979. The highest BCUT2D eigenvalue weighted by atomic mass is 32.1. The average Bonchev–Trinajstić information content (AvgIpc) is 3.32. The van der Waals surface area contributed by atoms with Crippen molar-refractivity contribution in [1.29, 1.82) is 0 Å². The third kappa shape index (κ3) is 5.90. The summed E-state index contributed by atoms with van der Waals surface area (Å²) in [4.78, 5) is 6.13. The predicted molar refractivity (Wildman–Crippen MR) is 133 cm³/mol. The van der Waals surface area contributed by atoms with Crippen molar-refractivity contribution < 1.29 is 9.13 Å². The molecular weight excluding hydrogens is 419 g/mol. The number of rotatable bonds is 8. The van der Waals surface area contributed by atoms with Gasteiger partial charge in [-0.3, -0.25) is 4.90 Å². The van der Waals surface area contributed by atoms with E-state index >= 15 is 0 Å². The molecule has 32 heavy (non-hydrogen) atoms. The molecule has 2 heterocycles. The van der Waals surface area contributed by atoms with Gasteiger partial charge in [-0.1, -0.05) is 26.0 Å². The fraction of sp³-hybridized carbons (Fsp3) is 0.407. The zero-order valence-corrected chi connectivity index (χ0v) is 20.1. The molecule has 1 aromatic heterocycles. The molecule has 0 N–H and O–H groups in total. The van der Waals surface area contributed by atoms with E-state index in [1.807, 2.05) is 12.1 Å². The van der Waals surface area contributed by atoms with Crippen LogP contribution in [0.3, 0.4) is 0 Å². The second-order valence-electron chi connectivity index (χ2n) is 8.95. The summed E-state index contributed by atoms with van der Waals surface area (Å²) in [5.41, 5.74) is 3.67. The van der Waals surface area contributed by atoms with Gasteiger partial charge in [0.2, 0.25) is 0 Å². The Kier molecular flexibility index (Phi) is 7.48. The van der Waals surface area contributed by atoms with Crippen LogP contribution in [0.5, 0.6) is 5.75 Å². The summed E-state index contributed by atoms with van der Waals surface area (Å²) in [6.07, 6.45) is 1.02. The van der Waals surface area contributed by atoms with Crippen LogP contribution in [0.15, 0.2) is 60.0 Å². The first-order chi connectivity index (χ1) is 15.5. The Balaban J connectivity index is 1.37. The molecule has 0 saturated carbocycles. The molecule has 1 aliphatic heterocycles. The van der Waals surface area contributed by atoms with E-state index < -0.39 is 0 Å². The normalized spacial score (nSPS) is 15.8. The van der Waals surface area contributed by atoms with Crippen molar-refractivity contribution in [1.82, 2.24) is 4.90 Å². The maximum Gasteiger partial charge on any atom is 0.134 e. The molecular formula is C27H33FN2OS. The minimum atomic E-state index is -0.180. The molecule has 1 atom stereocenters. The fourth-order valence-corrected chi connectivity index (χ4v) is 5.05. The minimum Gasteiger partial charge on any atom is -0.485 e. The van der Waals surface area contributed by atoms with Gasteiger partial charge in [-0.25, -0.2) is 4.39 Å². The van der Waals surface area contributed by atoms with Gasteiger partial charge >= 0.3 is 0 Å². The highest BCUT2D eigenvalue weighted by Gasteiger charge is 2.21. The van der Waals surface area contributed by atoms with Gasteiger partial charge in [0.15, 0.2) is 0 Å². The van der Waals surface area contributed by atoms with Crippen molar-refractivity contribution >= 4 is 17.0 Å². The van der Waals surface area contributed by atoms with E-state index in [0.717, 1.165) is 50.6 Å². The van der Waals surface area contributed by atoms with Crippen LogP contribution in [-0.2, 0) is 0 Å². The van der Waals surface area contributed by atoms with Gasteiger partial charge in [0.1, 0.15) is 17.7 Å². The SMILES string of the molecule is Cc1cc(OC(CCN2CCN(c3ccc(F)cc3)CC2)c2cccs2)cc(C(C)C)c1. The van der Waals surface area contributed by atoms with Crippen LogP contribution in [0.1, 0.15) is 48.3 Å². The summed E-state index contributed by atoms with van der Waals surface area (Å²) >= 11 is 1.77. The summed E-state index contributed by atoms with van der Waals surface area (Å²) in [6, 6.07) is 17.7. The lowest BCUT2D eigenvalue weighted by molar-refractivity contribution is 0.162. The lowest BCUT2D eigenvalue weighted by Gasteiger charge is -2.36. The Morgan fingerprint density at radius 2 is 1.75 bits per heavy atom. The van der Waals surface area contributed by atoms with Crippen molar-refractivity contribution in [3.63, 3.8) is 0 Å². The summed E-state index contributed by atoms with van der Waals surface area (Å²) < 4.78 is 19.8. The number of hydrogen-bond acceptors (Lipinski definition) is 4. The molecule has 0 bridgehead atoms. The van der Waals surface area contributed by atoms with E-state index in [9.17, 15) is 4.39 Å². The number of benzene rings is 2. The summed E-state index contributed by atoms with van der Waals surface area (Å²) in [5.74, 6) is 1.27. The van der Waals surface area contributed by atoms with E-state index in [0.29, 0.717) is 5.92 Å². The Hall–Kier alpha value is -2.37. The quantitative estimate of drug-likeness (QED) is 0.380. The standard InChI is InChI=1S/C27H33FN2OS/c1-20(2)22-17-21(3)18-25(19-22)31-26(27-5-4-16-32-27)10-11-29-12-14-30(15-13-29)24-8-6-23(28)7-9-24/h4-9,16-20,26H,10-15H2,1-3H3. The first kappa shape index (κ1) is 22.8. The van der Waals surface area contributed by atoms with E-state index in [2.05, 4.69) is 66.3 Å². The van der Waals surface area contributed by atoms with Crippen molar-refractivity contribution in [2.24, 2.45) is 0 Å². The summed E-state index contributed by atoms with van der Waals surface area (Å²) in [6.45, 7) is 11.5. The molecule has 0 amide bonds. The van der Waals surface area contributed by atoms with Crippen LogP contribution in [0.4, 0.5) is 10.1 Å². The van der Waals surface area contributed by atoms with E-state index in [4.69, 9.17) is 4.74 Å². The number of hydrogen-bond donors (Lipinski definition) is 0. The van der Waals surface area contributed by atoms with Crippen LogP contribution in [0.2, 0.25) is 0 Å². The van der Waals surface area contributed by atoms with Crippen LogP contribution in [-0.4, -0.2) is 37.6 Å². The second kappa shape index (κ2) is 10.5. The Labute approximate surface area is 195 Å². The first-order valence-corrected chi connectivity index (χ1v) is 12.4. The predicted octanol–water partition coefficient (Wildman–Crippen LogP) is 6.65. The Morgan fingerprint density at radius 1 is 1.00 bits per heavy atom. The molecule has 0 radical (unpaired) electrons. The number of ether oxygens (including phenoxy) is 1. The summed E-state index contributed by atoms with van der Waals surface area (Å²) in [5, 5.41) is 2.13. The second-order valence-corrected chi connectivity index (χ2v) is 9.93. The molecule has 1 unspecified atom stereocenters. The molecule has 1 saturated heterocycles. The molecule has 1 fully saturated rings. The van der Waals surface area contributed by atoms with Crippen LogP contribution >= 0.6 is 11.3 Å². The monoisotopic (exact) mass is 452 g/mol. The molecule has 3 nitrogen and oxygen atoms in total. The van der Waals surface area contributed by atoms with E-state index in [1.165, 1.54) is 16.0 Å². The van der Waals surface area contributed by atoms with Gasteiger partial charge in [0.25, 0.3) is 0 Å². The first-order valence-electron chi connectivity index (χ1n) is 11.5. The maximum absolute atomic E-state index is 13.2.